The van der Waals surface area contributed by atoms with Crippen LogP contribution in [0.5, 0.6) is 5.75 Å². The summed E-state index contributed by atoms with van der Waals surface area (Å²) in [6, 6.07) is 5.96. The van der Waals surface area contributed by atoms with Crippen molar-refractivity contribution in [3.63, 3.8) is 0 Å². The largest absolute Gasteiger partial charge is 0.505 e. The van der Waals surface area contributed by atoms with E-state index in [1.165, 1.54) is 24.1 Å². The number of urea groups is 1. The molecule has 6 nitrogen and oxygen atoms in total. The summed E-state index contributed by atoms with van der Waals surface area (Å²) >= 11 is 0. The Bertz CT molecular complexity index is 1360. The molecule has 0 saturated carbocycles. The number of hydrogen-bond donors (Lipinski definition) is 2. The van der Waals surface area contributed by atoms with Crippen LogP contribution in [0.4, 0.5) is 32.4 Å². The van der Waals surface area contributed by atoms with Gasteiger partial charge in [-0.25, -0.2) is 26.7 Å². The smallest absolute Gasteiger partial charge is 0.325 e. The molecular formula is C25H20F5N3O3. The molecule has 0 bridgehead atoms. The number of rotatable bonds is 5. The Morgan fingerprint density at radius 3 is 2.31 bits per heavy atom. The van der Waals surface area contributed by atoms with Gasteiger partial charge in [0.05, 0.1) is 18.3 Å². The number of phenols is 1. The van der Waals surface area contributed by atoms with E-state index in [2.05, 4.69) is 5.32 Å². The third-order valence-electron chi connectivity index (χ3n) is 6.16. The van der Waals surface area contributed by atoms with Gasteiger partial charge in [-0.15, -0.1) is 0 Å². The van der Waals surface area contributed by atoms with Crippen LogP contribution in [0.2, 0.25) is 0 Å². The maximum atomic E-state index is 14.5. The number of hydrogen-bond acceptors (Lipinski definition) is 3. The maximum absolute atomic E-state index is 14.5. The van der Waals surface area contributed by atoms with Crippen molar-refractivity contribution in [2.75, 3.05) is 11.9 Å². The standard InChI is InChI=1S/C25H20F5N3O3/c1-12-15-4-3-13(24(35)31-10-16-19(28)8-14(26)9-20(16)29)7-21(15)33(25(36)32(12)2)11-17-18(27)5-6-22(34)23(17)30/h3-9,12,34H,10-11H2,1-2H3,(H,31,35)/t12-/m0/s1. The molecular weight excluding hydrogens is 485 g/mol. The normalized spacial score (nSPS) is 15.2. The van der Waals surface area contributed by atoms with Gasteiger partial charge in [0.15, 0.2) is 11.6 Å². The van der Waals surface area contributed by atoms with Gasteiger partial charge in [0, 0.05) is 42.4 Å². The monoisotopic (exact) mass is 505 g/mol. The molecule has 11 heteroatoms. The lowest BCUT2D eigenvalue weighted by Crippen LogP contribution is -2.47. The zero-order valence-corrected chi connectivity index (χ0v) is 19.1. The number of nitrogens with zero attached hydrogens (tertiary/aromatic N) is 2. The van der Waals surface area contributed by atoms with Gasteiger partial charge in [-0.05, 0) is 36.8 Å². The molecule has 4 rings (SSSR count). The lowest BCUT2D eigenvalue weighted by atomic mass is 9.98. The average molecular weight is 505 g/mol. The number of carbonyl (C=O) groups excluding carboxylic acids is 2. The van der Waals surface area contributed by atoms with Gasteiger partial charge in [-0.3, -0.25) is 9.69 Å². The third-order valence-corrected chi connectivity index (χ3v) is 6.16. The Morgan fingerprint density at radius 2 is 1.64 bits per heavy atom. The zero-order chi connectivity index (χ0) is 26.3. The fourth-order valence-electron chi connectivity index (χ4n) is 3.99. The summed E-state index contributed by atoms with van der Waals surface area (Å²) in [7, 11) is 1.50. The second kappa shape index (κ2) is 9.48. The molecule has 0 fully saturated rings. The van der Waals surface area contributed by atoms with Crippen LogP contribution >= 0.6 is 0 Å². The molecule has 0 aromatic heterocycles. The quantitative estimate of drug-likeness (QED) is 0.471. The first-order chi connectivity index (χ1) is 17.0. The minimum Gasteiger partial charge on any atom is -0.505 e. The van der Waals surface area contributed by atoms with Crippen molar-refractivity contribution in [2.24, 2.45) is 0 Å². The van der Waals surface area contributed by atoms with E-state index in [-0.39, 0.29) is 11.3 Å². The number of amides is 3. The molecule has 0 spiro atoms. The molecule has 0 unspecified atom stereocenters. The van der Waals surface area contributed by atoms with Crippen molar-refractivity contribution in [3.05, 3.63) is 93.8 Å². The van der Waals surface area contributed by atoms with E-state index in [1.807, 2.05) is 0 Å². The van der Waals surface area contributed by atoms with Crippen LogP contribution < -0.4 is 10.2 Å². The van der Waals surface area contributed by atoms with Gasteiger partial charge in [0.2, 0.25) is 0 Å². The molecule has 0 radical (unpaired) electrons. The van der Waals surface area contributed by atoms with Crippen LogP contribution in [-0.2, 0) is 13.1 Å². The van der Waals surface area contributed by atoms with E-state index in [1.54, 1.807) is 13.0 Å². The first kappa shape index (κ1) is 25.0. The molecule has 36 heavy (non-hydrogen) atoms. The summed E-state index contributed by atoms with van der Waals surface area (Å²) in [6.07, 6.45) is 0. The highest BCUT2D eigenvalue weighted by Crippen LogP contribution is 2.38. The predicted molar refractivity (Wildman–Crippen MR) is 120 cm³/mol. The van der Waals surface area contributed by atoms with Crippen LogP contribution in [0.1, 0.15) is 40.0 Å². The summed E-state index contributed by atoms with van der Waals surface area (Å²) in [6.45, 7) is 0.574. The van der Waals surface area contributed by atoms with E-state index in [4.69, 9.17) is 0 Å². The Labute approximate surface area is 202 Å². The highest BCUT2D eigenvalue weighted by atomic mass is 19.2. The summed E-state index contributed by atoms with van der Waals surface area (Å²) < 4.78 is 69.8. The number of aromatic hydroxyl groups is 1. The number of anilines is 1. The van der Waals surface area contributed by atoms with Crippen LogP contribution in [0.15, 0.2) is 42.5 Å². The van der Waals surface area contributed by atoms with Crippen LogP contribution in [0.3, 0.4) is 0 Å². The number of phenolic OH excluding ortho intramolecular Hbond substituents is 1. The minimum absolute atomic E-state index is 0.00286. The molecule has 3 aromatic rings. The van der Waals surface area contributed by atoms with Gasteiger partial charge in [-0.2, -0.15) is 0 Å². The van der Waals surface area contributed by atoms with Gasteiger partial charge in [0.25, 0.3) is 5.91 Å². The number of fused-ring (bicyclic) bond motifs is 1. The van der Waals surface area contributed by atoms with E-state index in [9.17, 15) is 36.6 Å². The van der Waals surface area contributed by atoms with Crippen LogP contribution in [0, 0.1) is 29.1 Å². The van der Waals surface area contributed by atoms with Crippen molar-refractivity contribution in [1.29, 1.82) is 0 Å². The average Bonchev–Trinajstić information content (AvgIpc) is 2.83. The molecule has 0 saturated heterocycles. The Kier molecular flexibility index (Phi) is 6.57. The van der Waals surface area contributed by atoms with E-state index < -0.39 is 77.0 Å². The second-order valence-electron chi connectivity index (χ2n) is 8.32. The molecule has 1 heterocycles. The predicted octanol–water partition coefficient (Wildman–Crippen LogP) is 5.15. The summed E-state index contributed by atoms with van der Waals surface area (Å²) in [5.41, 5.74) is -0.313. The Morgan fingerprint density at radius 1 is 0.972 bits per heavy atom. The number of benzene rings is 3. The topological polar surface area (TPSA) is 72.9 Å². The molecule has 188 valence electrons. The van der Waals surface area contributed by atoms with E-state index >= 15 is 0 Å². The molecule has 1 atom stereocenters. The fourth-order valence-corrected chi connectivity index (χ4v) is 3.99. The molecule has 1 aliphatic rings. The Balaban J connectivity index is 1.67. The Hall–Kier alpha value is -4.15. The fraction of sp³-hybridized carbons (Fsp3) is 0.200. The summed E-state index contributed by atoms with van der Waals surface area (Å²) in [5.74, 6) is -7.16. The lowest BCUT2D eigenvalue weighted by molar-refractivity contribution is 0.0950. The van der Waals surface area contributed by atoms with Gasteiger partial charge < -0.3 is 15.3 Å². The summed E-state index contributed by atoms with van der Waals surface area (Å²) in [5, 5.41) is 12.0. The van der Waals surface area contributed by atoms with E-state index in [0.717, 1.165) is 17.0 Å². The lowest BCUT2D eigenvalue weighted by Gasteiger charge is -2.39. The molecule has 3 aromatic carbocycles. The highest BCUT2D eigenvalue weighted by molar-refractivity contribution is 5.99. The molecule has 0 aliphatic carbocycles. The maximum Gasteiger partial charge on any atom is 0.325 e. The molecule has 1 aliphatic heterocycles. The molecule has 3 amide bonds. The first-order valence-electron chi connectivity index (χ1n) is 10.7. The van der Waals surface area contributed by atoms with Crippen LogP contribution in [0.25, 0.3) is 0 Å². The number of nitrogens with one attached hydrogen (secondary N) is 1. The first-order valence-corrected chi connectivity index (χ1v) is 10.7. The van der Waals surface area contributed by atoms with Crippen molar-refractivity contribution >= 4 is 17.6 Å². The van der Waals surface area contributed by atoms with Crippen molar-refractivity contribution < 1.29 is 36.6 Å². The SMILES string of the molecule is C[C@H]1c2ccc(C(=O)NCc3c(F)cc(F)cc3F)cc2N(Cc2c(F)ccc(O)c2F)C(=O)N1C. The van der Waals surface area contributed by atoms with Gasteiger partial charge in [-0.1, -0.05) is 6.07 Å². The number of carbonyl (C=O) groups is 2. The molecule has 2 N–H and O–H groups in total. The van der Waals surface area contributed by atoms with Crippen molar-refractivity contribution in [2.45, 2.75) is 26.1 Å². The van der Waals surface area contributed by atoms with Gasteiger partial charge in [0.1, 0.15) is 23.3 Å². The third kappa shape index (κ3) is 4.43. The van der Waals surface area contributed by atoms with Crippen molar-refractivity contribution in [1.82, 2.24) is 10.2 Å². The zero-order valence-electron chi connectivity index (χ0n) is 19.1. The highest BCUT2D eigenvalue weighted by Gasteiger charge is 2.35. The van der Waals surface area contributed by atoms with Crippen molar-refractivity contribution in [3.8, 4) is 5.75 Å². The summed E-state index contributed by atoms with van der Waals surface area (Å²) in [4.78, 5) is 28.2. The second-order valence-corrected chi connectivity index (χ2v) is 8.32. The van der Waals surface area contributed by atoms with Gasteiger partial charge >= 0.3 is 6.03 Å². The van der Waals surface area contributed by atoms with Crippen LogP contribution in [-0.4, -0.2) is 29.0 Å². The number of halogens is 5. The minimum atomic E-state index is -1.22. The van der Waals surface area contributed by atoms with E-state index in [0.29, 0.717) is 17.7 Å².